The Hall–Kier alpha value is -0.910. The van der Waals surface area contributed by atoms with Gasteiger partial charge < -0.3 is 5.11 Å². The fraction of sp³-hybridized carbons (Fsp3) is 0.625. The Kier molecular flexibility index (Phi) is 4.76. The second-order valence-corrected chi connectivity index (χ2v) is 7.99. The molecule has 1 aliphatic heterocycles. The Morgan fingerprint density at radius 3 is 2.00 bits per heavy atom. The van der Waals surface area contributed by atoms with E-state index in [0.29, 0.717) is 18.0 Å². The van der Waals surface area contributed by atoms with Gasteiger partial charge in [-0.15, -0.1) is 0 Å². The molecule has 21 heavy (non-hydrogen) atoms. The summed E-state index contributed by atoms with van der Waals surface area (Å²) < 4.78 is 27.6. The minimum atomic E-state index is -3.45. The minimum Gasteiger partial charge on any atom is -0.396 e. The van der Waals surface area contributed by atoms with Gasteiger partial charge in [0.25, 0.3) is 0 Å². The Balaban J connectivity index is 2.42. The highest BCUT2D eigenvalue weighted by Crippen LogP contribution is 2.30. The topological polar surface area (TPSA) is 57.6 Å². The van der Waals surface area contributed by atoms with Crippen LogP contribution in [0, 0.1) is 33.6 Å². The van der Waals surface area contributed by atoms with Crippen molar-refractivity contribution in [1.29, 1.82) is 0 Å². The number of benzene rings is 1. The quantitative estimate of drug-likeness (QED) is 0.932. The number of aliphatic hydroxyl groups excluding tert-OH is 1. The van der Waals surface area contributed by atoms with Gasteiger partial charge in [-0.25, -0.2) is 8.42 Å². The molecule has 1 aromatic carbocycles. The van der Waals surface area contributed by atoms with Crippen molar-refractivity contribution in [2.24, 2.45) is 5.92 Å². The van der Waals surface area contributed by atoms with Crippen LogP contribution < -0.4 is 0 Å². The van der Waals surface area contributed by atoms with Crippen LogP contribution in [0.1, 0.15) is 35.1 Å². The number of sulfonamides is 1. The molecule has 0 amide bonds. The van der Waals surface area contributed by atoms with Gasteiger partial charge in [-0.1, -0.05) is 6.07 Å². The standard InChI is InChI=1S/C16H25NO3S/c1-11-9-12(2)14(4)16(13(11)3)21(19,20)17-7-5-15(10-18)6-8-17/h9,15,18H,5-8,10H2,1-4H3. The number of piperidine rings is 1. The second-order valence-electron chi connectivity index (χ2n) is 6.12. The molecule has 0 aliphatic carbocycles. The maximum atomic E-state index is 13.0. The summed E-state index contributed by atoms with van der Waals surface area (Å²) in [6.45, 7) is 8.83. The van der Waals surface area contributed by atoms with E-state index < -0.39 is 10.0 Å². The number of aryl methyl sites for hydroxylation is 2. The third kappa shape index (κ3) is 3.00. The lowest BCUT2D eigenvalue weighted by molar-refractivity contribution is 0.170. The maximum absolute atomic E-state index is 13.0. The number of hydrogen-bond donors (Lipinski definition) is 1. The fourth-order valence-corrected chi connectivity index (χ4v) is 5.07. The van der Waals surface area contributed by atoms with Crippen LogP contribution in [0.3, 0.4) is 0 Å². The van der Waals surface area contributed by atoms with E-state index in [9.17, 15) is 13.5 Å². The predicted octanol–water partition coefficient (Wildman–Crippen LogP) is 2.31. The lowest BCUT2D eigenvalue weighted by Gasteiger charge is -2.31. The molecular formula is C16H25NO3S. The van der Waals surface area contributed by atoms with Crippen molar-refractivity contribution in [3.63, 3.8) is 0 Å². The molecule has 4 nitrogen and oxygen atoms in total. The Labute approximate surface area is 127 Å². The first kappa shape index (κ1) is 16.5. The smallest absolute Gasteiger partial charge is 0.243 e. The third-order valence-electron chi connectivity index (χ3n) is 4.73. The van der Waals surface area contributed by atoms with E-state index >= 15 is 0 Å². The minimum absolute atomic E-state index is 0.148. The van der Waals surface area contributed by atoms with Crippen molar-refractivity contribution in [2.45, 2.75) is 45.4 Å². The van der Waals surface area contributed by atoms with Crippen LogP contribution in [-0.2, 0) is 10.0 Å². The van der Waals surface area contributed by atoms with Crippen molar-refractivity contribution in [3.8, 4) is 0 Å². The van der Waals surface area contributed by atoms with E-state index in [4.69, 9.17) is 0 Å². The molecular weight excluding hydrogens is 286 g/mol. The zero-order chi connectivity index (χ0) is 15.8. The molecule has 0 atom stereocenters. The van der Waals surface area contributed by atoms with Crippen LogP contribution in [0.5, 0.6) is 0 Å². The fourth-order valence-electron chi connectivity index (χ4n) is 3.03. The van der Waals surface area contributed by atoms with E-state index in [1.807, 2.05) is 33.8 Å². The van der Waals surface area contributed by atoms with Gasteiger partial charge in [0.15, 0.2) is 0 Å². The van der Waals surface area contributed by atoms with Gasteiger partial charge in [-0.3, -0.25) is 0 Å². The van der Waals surface area contributed by atoms with Crippen LogP contribution in [0.4, 0.5) is 0 Å². The predicted molar refractivity (Wildman–Crippen MR) is 84.0 cm³/mol. The molecule has 1 aromatic rings. The Bertz CT molecular complexity index is 603. The van der Waals surface area contributed by atoms with Gasteiger partial charge in [-0.05, 0) is 68.7 Å². The zero-order valence-electron chi connectivity index (χ0n) is 13.3. The van der Waals surface area contributed by atoms with Gasteiger partial charge in [0.2, 0.25) is 10.0 Å². The van der Waals surface area contributed by atoms with Crippen molar-refractivity contribution in [1.82, 2.24) is 4.31 Å². The van der Waals surface area contributed by atoms with Gasteiger partial charge in [-0.2, -0.15) is 4.31 Å². The monoisotopic (exact) mass is 311 g/mol. The van der Waals surface area contributed by atoms with Crippen molar-refractivity contribution in [3.05, 3.63) is 28.3 Å². The lowest BCUT2D eigenvalue weighted by Crippen LogP contribution is -2.39. The van der Waals surface area contributed by atoms with E-state index in [0.717, 1.165) is 35.1 Å². The summed E-state index contributed by atoms with van der Waals surface area (Å²) in [6, 6.07) is 2.04. The molecule has 0 unspecified atom stereocenters. The summed E-state index contributed by atoms with van der Waals surface area (Å²) in [7, 11) is -3.45. The SMILES string of the molecule is Cc1cc(C)c(C)c(S(=O)(=O)N2CCC(CO)CC2)c1C. The third-order valence-corrected chi connectivity index (χ3v) is 6.90. The van der Waals surface area contributed by atoms with Gasteiger partial charge >= 0.3 is 0 Å². The first-order valence-corrected chi connectivity index (χ1v) is 8.91. The highest BCUT2D eigenvalue weighted by atomic mass is 32.2. The second kappa shape index (κ2) is 6.07. The molecule has 1 heterocycles. The van der Waals surface area contributed by atoms with E-state index in [2.05, 4.69) is 0 Å². The first-order chi connectivity index (χ1) is 9.78. The molecule has 0 bridgehead atoms. The van der Waals surface area contributed by atoms with Crippen molar-refractivity contribution < 1.29 is 13.5 Å². The summed E-state index contributed by atoms with van der Waals surface area (Å²) in [5.41, 5.74) is 3.73. The summed E-state index contributed by atoms with van der Waals surface area (Å²) in [5.74, 6) is 0.234. The number of aliphatic hydroxyl groups is 1. The van der Waals surface area contributed by atoms with Crippen molar-refractivity contribution in [2.75, 3.05) is 19.7 Å². The van der Waals surface area contributed by atoms with Crippen LogP contribution >= 0.6 is 0 Å². The number of rotatable bonds is 3. The summed E-state index contributed by atoms with van der Waals surface area (Å²) in [6.07, 6.45) is 1.47. The van der Waals surface area contributed by atoms with Gasteiger partial charge in [0.05, 0.1) is 4.90 Å². The molecule has 5 heteroatoms. The Morgan fingerprint density at radius 1 is 1.10 bits per heavy atom. The van der Waals surface area contributed by atoms with E-state index in [1.54, 1.807) is 4.31 Å². The number of nitrogens with zero attached hydrogens (tertiary/aromatic N) is 1. The molecule has 1 aliphatic rings. The van der Waals surface area contributed by atoms with Crippen molar-refractivity contribution >= 4 is 10.0 Å². The van der Waals surface area contributed by atoms with E-state index in [-0.39, 0.29) is 12.5 Å². The van der Waals surface area contributed by atoms with Crippen LogP contribution in [0.15, 0.2) is 11.0 Å². The molecule has 2 rings (SSSR count). The van der Waals surface area contributed by atoms with Crippen LogP contribution in [0.2, 0.25) is 0 Å². The average molecular weight is 311 g/mol. The molecule has 1 saturated heterocycles. The van der Waals surface area contributed by atoms with Gasteiger partial charge in [0.1, 0.15) is 0 Å². The van der Waals surface area contributed by atoms with Crippen LogP contribution in [-0.4, -0.2) is 37.5 Å². The summed E-state index contributed by atoms with van der Waals surface area (Å²) in [4.78, 5) is 0.474. The Morgan fingerprint density at radius 2 is 1.57 bits per heavy atom. The highest BCUT2D eigenvalue weighted by Gasteiger charge is 2.32. The zero-order valence-corrected chi connectivity index (χ0v) is 14.1. The maximum Gasteiger partial charge on any atom is 0.243 e. The molecule has 0 radical (unpaired) electrons. The molecule has 118 valence electrons. The summed E-state index contributed by atoms with van der Waals surface area (Å²) >= 11 is 0. The molecule has 0 saturated carbocycles. The highest BCUT2D eigenvalue weighted by molar-refractivity contribution is 7.89. The van der Waals surface area contributed by atoms with E-state index in [1.165, 1.54) is 0 Å². The van der Waals surface area contributed by atoms with Crippen LogP contribution in [0.25, 0.3) is 0 Å². The van der Waals surface area contributed by atoms with Gasteiger partial charge in [0, 0.05) is 19.7 Å². The average Bonchev–Trinajstić information content (AvgIpc) is 2.45. The molecule has 1 N–H and O–H groups in total. The largest absolute Gasteiger partial charge is 0.396 e. The molecule has 0 spiro atoms. The molecule has 0 aromatic heterocycles. The lowest BCUT2D eigenvalue weighted by atomic mass is 10.00. The summed E-state index contributed by atoms with van der Waals surface area (Å²) in [5, 5.41) is 9.19. The first-order valence-electron chi connectivity index (χ1n) is 7.47. The molecule has 1 fully saturated rings. The number of hydrogen-bond acceptors (Lipinski definition) is 3. The normalized spacial score (nSPS) is 18.1.